The van der Waals surface area contributed by atoms with Crippen LogP contribution >= 0.6 is 11.6 Å². The summed E-state index contributed by atoms with van der Waals surface area (Å²) in [4.78, 5) is 23.9. The van der Waals surface area contributed by atoms with Crippen LogP contribution in [0.1, 0.15) is 22.8 Å². The first-order chi connectivity index (χ1) is 10.4. The maximum absolute atomic E-state index is 13.9. The Balaban J connectivity index is 2.58. The first-order valence-corrected chi connectivity index (χ1v) is 6.76. The molecule has 0 atom stereocenters. The molecule has 0 aromatic heterocycles. The second-order valence-corrected chi connectivity index (χ2v) is 4.93. The van der Waals surface area contributed by atoms with Crippen LogP contribution in [0, 0.1) is 5.82 Å². The molecule has 0 saturated carbocycles. The number of amides is 1. The van der Waals surface area contributed by atoms with E-state index in [1.807, 2.05) is 0 Å². The Morgan fingerprint density at radius 1 is 1.18 bits per heavy atom. The van der Waals surface area contributed by atoms with Crippen LogP contribution in [0.2, 0.25) is 5.02 Å². The van der Waals surface area contributed by atoms with Gasteiger partial charge in [-0.05, 0) is 18.2 Å². The molecule has 0 unspecified atom stereocenters. The quantitative estimate of drug-likeness (QED) is 0.874. The minimum absolute atomic E-state index is 0.00148. The van der Waals surface area contributed by atoms with Crippen LogP contribution in [0.5, 0.6) is 5.75 Å². The molecule has 2 aromatic rings. The van der Waals surface area contributed by atoms with E-state index in [4.69, 9.17) is 16.3 Å². The van der Waals surface area contributed by atoms with Gasteiger partial charge in [0.15, 0.2) is 17.3 Å². The molecule has 0 aliphatic heterocycles. The van der Waals surface area contributed by atoms with E-state index in [0.29, 0.717) is 0 Å². The van der Waals surface area contributed by atoms with E-state index in [2.05, 4.69) is 5.32 Å². The molecule has 0 fully saturated rings. The van der Waals surface area contributed by atoms with Crippen molar-refractivity contribution in [2.75, 3.05) is 12.4 Å². The van der Waals surface area contributed by atoms with Gasteiger partial charge < -0.3 is 10.1 Å². The molecule has 0 bridgehead atoms. The molecule has 2 aromatic carbocycles. The zero-order chi connectivity index (χ0) is 16.3. The lowest BCUT2D eigenvalue weighted by Gasteiger charge is -2.12. The summed E-state index contributed by atoms with van der Waals surface area (Å²) in [5.74, 6) is -1.65. The largest absolute Gasteiger partial charge is 0.494 e. The highest BCUT2D eigenvalue weighted by Gasteiger charge is 2.20. The fourth-order valence-electron chi connectivity index (χ4n) is 1.98. The van der Waals surface area contributed by atoms with Crippen molar-refractivity contribution in [1.29, 1.82) is 0 Å². The Kier molecular flexibility index (Phi) is 4.78. The maximum atomic E-state index is 13.9. The first-order valence-electron chi connectivity index (χ1n) is 6.38. The number of ketones is 1. The third-order valence-corrected chi connectivity index (χ3v) is 3.30. The Bertz CT molecular complexity index is 746. The monoisotopic (exact) mass is 321 g/mol. The number of methoxy groups -OCH3 is 1. The molecule has 0 aliphatic rings. The number of ether oxygens (including phenoxy) is 1. The van der Waals surface area contributed by atoms with E-state index in [1.54, 1.807) is 18.2 Å². The summed E-state index contributed by atoms with van der Waals surface area (Å²) in [6.07, 6.45) is 0. The number of carbonyl (C=O) groups excluding carboxylic acids is 2. The second-order valence-electron chi connectivity index (χ2n) is 4.52. The average molecular weight is 322 g/mol. The van der Waals surface area contributed by atoms with Crippen molar-refractivity contribution >= 4 is 29.0 Å². The van der Waals surface area contributed by atoms with Crippen molar-refractivity contribution in [3.63, 3.8) is 0 Å². The number of benzene rings is 2. The highest BCUT2D eigenvalue weighted by molar-refractivity contribution is 6.35. The highest BCUT2D eigenvalue weighted by atomic mass is 35.5. The molecular weight excluding hydrogens is 309 g/mol. The van der Waals surface area contributed by atoms with E-state index in [9.17, 15) is 14.0 Å². The SMILES string of the molecule is COc1cc(NC(C)=O)c(C(=O)c2ccccc2Cl)cc1F. The number of nitrogens with one attached hydrogen (secondary N) is 1. The van der Waals surface area contributed by atoms with Crippen LogP contribution in [0.25, 0.3) is 0 Å². The molecule has 4 nitrogen and oxygen atoms in total. The van der Waals surface area contributed by atoms with Crippen LogP contribution in [-0.4, -0.2) is 18.8 Å². The minimum atomic E-state index is -0.702. The molecule has 6 heteroatoms. The van der Waals surface area contributed by atoms with Gasteiger partial charge in [-0.25, -0.2) is 4.39 Å². The van der Waals surface area contributed by atoms with Crippen molar-refractivity contribution < 1.29 is 18.7 Å². The Morgan fingerprint density at radius 3 is 2.45 bits per heavy atom. The van der Waals surface area contributed by atoms with Gasteiger partial charge >= 0.3 is 0 Å². The van der Waals surface area contributed by atoms with Crippen LogP contribution in [0.15, 0.2) is 36.4 Å². The summed E-state index contributed by atoms with van der Waals surface area (Å²) in [7, 11) is 1.30. The number of halogens is 2. The molecule has 0 heterocycles. The number of hydrogen-bond acceptors (Lipinski definition) is 3. The molecule has 0 radical (unpaired) electrons. The lowest BCUT2D eigenvalue weighted by atomic mass is 10.0. The standard InChI is InChI=1S/C16H13ClFNO3/c1-9(20)19-14-8-15(22-2)13(18)7-11(14)16(21)10-5-3-4-6-12(10)17/h3-8H,1-2H3,(H,19,20). The molecule has 2 rings (SSSR count). The maximum Gasteiger partial charge on any atom is 0.221 e. The zero-order valence-electron chi connectivity index (χ0n) is 11.9. The summed E-state index contributed by atoms with van der Waals surface area (Å²) in [6.45, 7) is 1.29. The van der Waals surface area contributed by atoms with Gasteiger partial charge in [-0.15, -0.1) is 0 Å². The average Bonchev–Trinajstić information content (AvgIpc) is 2.48. The molecule has 1 N–H and O–H groups in total. The molecule has 0 spiro atoms. The van der Waals surface area contributed by atoms with Gasteiger partial charge in [0.2, 0.25) is 5.91 Å². The number of carbonyl (C=O) groups is 2. The number of hydrogen-bond donors (Lipinski definition) is 1. The van der Waals surface area contributed by atoms with Gasteiger partial charge in [0, 0.05) is 24.1 Å². The van der Waals surface area contributed by atoms with Crippen LogP contribution in [-0.2, 0) is 4.79 Å². The van der Waals surface area contributed by atoms with Crippen molar-refractivity contribution in [2.24, 2.45) is 0 Å². The predicted octanol–water partition coefficient (Wildman–Crippen LogP) is 3.68. The summed E-state index contributed by atoms with van der Waals surface area (Å²) >= 11 is 6.00. The van der Waals surface area contributed by atoms with E-state index < -0.39 is 11.6 Å². The predicted molar refractivity (Wildman–Crippen MR) is 82.1 cm³/mol. The van der Waals surface area contributed by atoms with E-state index in [1.165, 1.54) is 26.2 Å². The summed E-state index contributed by atoms with van der Waals surface area (Å²) in [6, 6.07) is 8.72. The summed E-state index contributed by atoms with van der Waals surface area (Å²) in [5, 5.41) is 2.74. The molecule has 114 valence electrons. The number of rotatable bonds is 4. The van der Waals surface area contributed by atoms with Gasteiger partial charge in [0.25, 0.3) is 0 Å². The van der Waals surface area contributed by atoms with Crippen molar-refractivity contribution in [1.82, 2.24) is 0 Å². The van der Waals surface area contributed by atoms with Gasteiger partial charge in [0.05, 0.1) is 17.8 Å². The van der Waals surface area contributed by atoms with Gasteiger partial charge in [-0.2, -0.15) is 0 Å². The van der Waals surface area contributed by atoms with E-state index in [-0.39, 0.29) is 33.5 Å². The fraction of sp³-hybridized carbons (Fsp3) is 0.125. The number of anilines is 1. The molecular formula is C16H13ClFNO3. The topological polar surface area (TPSA) is 55.4 Å². The third-order valence-electron chi connectivity index (χ3n) is 2.97. The Labute approximate surface area is 131 Å². The third kappa shape index (κ3) is 3.26. The normalized spacial score (nSPS) is 10.2. The van der Waals surface area contributed by atoms with E-state index in [0.717, 1.165) is 6.07 Å². The second kappa shape index (κ2) is 6.58. The van der Waals surface area contributed by atoms with Gasteiger partial charge in [-0.3, -0.25) is 9.59 Å². The molecule has 1 amide bonds. The van der Waals surface area contributed by atoms with Crippen molar-refractivity contribution in [3.8, 4) is 5.75 Å². The lowest BCUT2D eigenvalue weighted by Crippen LogP contribution is -2.13. The van der Waals surface area contributed by atoms with Crippen molar-refractivity contribution in [2.45, 2.75) is 6.92 Å². The van der Waals surface area contributed by atoms with Gasteiger partial charge in [0.1, 0.15) is 0 Å². The Hall–Kier alpha value is -2.40. The van der Waals surface area contributed by atoms with Gasteiger partial charge in [-0.1, -0.05) is 23.7 Å². The lowest BCUT2D eigenvalue weighted by molar-refractivity contribution is -0.114. The zero-order valence-corrected chi connectivity index (χ0v) is 12.7. The fourth-order valence-corrected chi connectivity index (χ4v) is 2.20. The molecule has 0 saturated heterocycles. The molecule has 22 heavy (non-hydrogen) atoms. The van der Waals surface area contributed by atoms with Crippen LogP contribution in [0.4, 0.5) is 10.1 Å². The van der Waals surface area contributed by atoms with E-state index >= 15 is 0 Å². The first kappa shape index (κ1) is 16.0. The van der Waals surface area contributed by atoms with Crippen molar-refractivity contribution in [3.05, 3.63) is 58.4 Å². The Morgan fingerprint density at radius 2 is 1.86 bits per heavy atom. The molecule has 0 aliphatic carbocycles. The summed E-state index contributed by atoms with van der Waals surface area (Å²) in [5.41, 5.74) is 0.387. The summed E-state index contributed by atoms with van der Waals surface area (Å²) < 4.78 is 18.8. The van der Waals surface area contributed by atoms with Crippen LogP contribution in [0.3, 0.4) is 0 Å². The van der Waals surface area contributed by atoms with Crippen LogP contribution < -0.4 is 10.1 Å². The smallest absolute Gasteiger partial charge is 0.221 e. The highest BCUT2D eigenvalue weighted by Crippen LogP contribution is 2.29. The minimum Gasteiger partial charge on any atom is -0.494 e.